The van der Waals surface area contributed by atoms with Gasteiger partial charge in [0, 0.05) is 6.92 Å². The average molecular weight is 965 g/mol. The van der Waals surface area contributed by atoms with Crippen molar-refractivity contribution in [1.29, 1.82) is 0 Å². The Morgan fingerprint density at radius 1 is 0.423 bits per heavy atom. The van der Waals surface area contributed by atoms with E-state index in [1.54, 1.807) is 6.08 Å². The topological polar surface area (TPSA) is 119 Å². The van der Waals surface area contributed by atoms with Crippen LogP contribution in [0.5, 0.6) is 0 Å². The molecule has 6 aromatic rings. The quantitative estimate of drug-likeness (QED) is 0.0381. The predicted molar refractivity (Wildman–Crippen MR) is 266 cm³/mol. The number of hydrogen-bond acceptors (Lipinski definition) is 12. The van der Waals surface area contributed by atoms with Gasteiger partial charge in [0.25, 0.3) is 0 Å². The maximum Gasteiger partial charge on any atom is 0.302 e. The van der Waals surface area contributed by atoms with E-state index in [9.17, 15) is 4.79 Å². The highest BCUT2D eigenvalue weighted by Gasteiger charge is 2.55. The van der Waals surface area contributed by atoms with E-state index in [-0.39, 0.29) is 52.9 Å². The first kappa shape index (κ1) is 51.5. The molecule has 0 N–H and O–H groups in total. The van der Waals surface area contributed by atoms with Crippen molar-refractivity contribution in [2.75, 3.05) is 19.8 Å². The normalized spacial score (nSPS) is 24.2. The molecule has 8 rings (SSSR count). The molecule has 0 unspecified atom stereocenters. The molecule has 10 atom stereocenters. The Morgan fingerprint density at radius 3 is 1.17 bits per heavy atom. The Morgan fingerprint density at radius 2 is 0.761 bits per heavy atom. The Labute approximate surface area is 417 Å². The Bertz CT molecular complexity index is 2410. The minimum absolute atomic E-state index is 0.0694. The first-order valence-corrected chi connectivity index (χ1v) is 24.2. The summed E-state index contributed by atoms with van der Waals surface area (Å²) in [5.74, 6) is -0.480. The molecule has 372 valence electrons. The molecule has 2 saturated heterocycles. The number of hydrogen-bond donors (Lipinski definition) is 0. The van der Waals surface area contributed by atoms with Crippen molar-refractivity contribution in [3.8, 4) is 0 Å². The summed E-state index contributed by atoms with van der Waals surface area (Å²) in [7, 11) is 0. The largest absolute Gasteiger partial charge is 0.463 e. The molecule has 2 aliphatic rings. The van der Waals surface area contributed by atoms with E-state index in [2.05, 4.69) is 6.58 Å². The molecule has 71 heavy (non-hydrogen) atoms. The van der Waals surface area contributed by atoms with Gasteiger partial charge in [-0.15, -0.1) is 6.58 Å². The zero-order valence-corrected chi connectivity index (χ0v) is 40.1. The summed E-state index contributed by atoms with van der Waals surface area (Å²) >= 11 is 0. The van der Waals surface area contributed by atoms with Crippen LogP contribution in [0.1, 0.15) is 40.3 Å². The lowest BCUT2D eigenvalue weighted by atomic mass is 9.95. The molecule has 12 heteroatoms. The molecule has 0 spiro atoms. The highest BCUT2D eigenvalue weighted by Crippen LogP contribution is 2.37. The molecule has 0 radical (unpaired) electrons. The van der Waals surface area contributed by atoms with Gasteiger partial charge in [-0.2, -0.15) is 0 Å². The minimum atomic E-state index is -1.19. The number of carbonyl (C=O) groups excluding carboxylic acids is 1. The number of benzene rings is 6. The first-order valence-electron chi connectivity index (χ1n) is 24.2. The molecule has 0 aliphatic carbocycles. The van der Waals surface area contributed by atoms with Gasteiger partial charge in [-0.3, -0.25) is 4.79 Å². The van der Waals surface area contributed by atoms with Crippen LogP contribution in [0.15, 0.2) is 195 Å². The second-order valence-corrected chi connectivity index (χ2v) is 17.4. The van der Waals surface area contributed by atoms with Gasteiger partial charge in [-0.05, 0) is 33.4 Å². The van der Waals surface area contributed by atoms with Gasteiger partial charge < -0.3 is 52.1 Å². The molecule has 0 amide bonds. The van der Waals surface area contributed by atoms with Crippen molar-refractivity contribution in [2.24, 2.45) is 0 Å². The van der Waals surface area contributed by atoms with Crippen LogP contribution in [-0.2, 0) is 96.5 Å². The third-order valence-electron chi connectivity index (χ3n) is 12.1. The van der Waals surface area contributed by atoms with Crippen molar-refractivity contribution in [3.63, 3.8) is 0 Å². The van der Waals surface area contributed by atoms with Crippen molar-refractivity contribution >= 4 is 5.97 Å². The third kappa shape index (κ3) is 15.6. The fraction of sp³-hybridized carbons (Fsp3) is 0.339. The van der Waals surface area contributed by atoms with Crippen LogP contribution in [0.25, 0.3) is 0 Å². The maximum absolute atomic E-state index is 12.6. The van der Waals surface area contributed by atoms with Crippen molar-refractivity contribution < 1.29 is 56.9 Å². The zero-order chi connectivity index (χ0) is 48.9. The highest BCUT2D eigenvalue weighted by molar-refractivity contribution is 5.65. The van der Waals surface area contributed by atoms with E-state index >= 15 is 0 Å². The fourth-order valence-electron chi connectivity index (χ4n) is 8.58. The average Bonchev–Trinajstić information content (AvgIpc) is 3.41. The van der Waals surface area contributed by atoms with Crippen molar-refractivity contribution in [3.05, 3.63) is 228 Å². The molecule has 12 nitrogen and oxygen atoms in total. The second-order valence-electron chi connectivity index (χ2n) is 17.4. The van der Waals surface area contributed by atoms with E-state index in [4.69, 9.17) is 52.1 Å². The van der Waals surface area contributed by atoms with Crippen LogP contribution in [-0.4, -0.2) is 87.2 Å². The van der Waals surface area contributed by atoms with E-state index in [1.807, 2.05) is 182 Å². The molecular weight excluding hydrogens is 901 g/mol. The van der Waals surface area contributed by atoms with Gasteiger partial charge in [-0.25, -0.2) is 0 Å². The van der Waals surface area contributed by atoms with Gasteiger partial charge in [0.2, 0.25) is 0 Å². The minimum Gasteiger partial charge on any atom is -0.463 e. The number of ether oxygens (including phenoxy) is 11. The maximum atomic E-state index is 12.6. The second kappa shape index (κ2) is 27.7. The van der Waals surface area contributed by atoms with Crippen LogP contribution >= 0.6 is 0 Å². The lowest BCUT2D eigenvalue weighted by molar-refractivity contribution is -0.376. The molecular formula is C59H64O12. The first-order chi connectivity index (χ1) is 35.0. The SMILES string of the molecule is C=CCO[C@@H]1O[C@H](COCc2ccccc2)[C@@H](O[C@@H]2O[C@H](COC(C)=O)[C@@H](OCc3ccccc3)[C@H](OCc3ccccc3)[C@H]2OCc2ccccc2)[C@H](OCc2ccccc2)[C@H]1OCc1ccccc1. The lowest BCUT2D eigenvalue weighted by Crippen LogP contribution is -2.66. The summed E-state index contributed by atoms with van der Waals surface area (Å²) in [6.07, 6.45) is -7.39. The fourth-order valence-corrected chi connectivity index (χ4v) is 8.58. The third-order valence-corrected chi connectivity index (χ3v) is 12.1. The lowest BCUT2D eigenvalue weighted by Gasteiger charge is -2.50. The van der Waals surface area contributed by atoms with E-state index in [0.717, 1.165) is 33.4 Å². The molecule has 0 bridgehead atoms. The van der Waals surface area contributed by atoms with Crippen molar-refractivity contribution in [1.82, 2.24) is 0 Å². The van der Waals surface area contributed by atoms with Crippen LogP contribution in [0.4, 0.5) is 0 Å². The number of rotatable bonds is 26. The smallest absolute Gasteiger partial charge is 0.302 e. The monoisotopic (exact) mass is 964 g/mol. The van der Waals surface area contributed by atoms with Crippen LogP contribution in [0, 0.1) is 0 Å². The Balaban J connectivity index is 1.20. The number of carbonyl (C=O) groups is 1. The predicted octanol–water partition coefficient (Wildman–Crippen LogP) is 9.73. The van der Waals surface area contributed by atoms with E-state index < -0.39 is 67.4 Å². The van der Waals surface area contributed by atoms with Gasteiger partial charge in [0.05, 0.1) is 52.9 Å². The zero-order valence-electron chi connectivity index (χ0n) is 40.1. The highest BCUT2D eigenvalue weighted by atomic mass is 16.8. The molecule has 2 aliphatic heterocycles. The van der Waals surface area contributed by atoms with Crippen molar-refractivity contribution in [2.45, 2.75) is 108 Å². The van der Waals surface area contributed by atoms with E-state index in [1.165, 1.54) is 6.92 Å². The Kier molecular flexibility index (Phi) is 20.1. The van der Waals surface area contributed by atoms with Crippen LogP contribution in [0.2, 0.25) is 0 Å². The molecule has 2 fully saturated rings. The molecule has 2 heterocycles. The summed E-state index contributed by atoms with van der Waals surface area (Å²) in [6, 6.07) is 59.3. The van der Waals surface area contributed by atoms with Crippen LogP contribution < -0.4 is 0 Å². The summed E-state index contributed by atoms with van der Waals surface area (Å²) in [6.45, 7) is 6.70. The summed E-state index contributed by atoms with van der Waals surface area (Å²) in [4.78, 5) is 12.6. The molecule has 6 aromatic carbocycles. The van der Waals surface area contributed by atoms with Gasteiger partial charge >= 0.3 is 5.97 Å². The Hall–Kier alpha value is -5.87. The molecule has 0 aromatic heterocycles. The summed E-state index contributed by atoms with van der Waals surface area (Å²) in [5.41, 5.74) is 5.66. The van der Waals surface area contributed by atoms with Crippen LogP contribution in [0.3, 0.4) is 0 Å². The van der Waals surface area contributed by atoms with Gasteiger partial charge in [0.15, 0.2) is 12.6 Å². The number of esters is 1. The van der Waals surface area contributed by atoms with Gasteiger partial charge in [0.1, 0.15) is 55.4 Å². The summed E-state index contributed by atoms with van der Waals surface area (Å²) in [5, 5.41) is 0. The summed E-state index contributed by atoms with van der Waals surface area (Å²) < 4.78 is 74.6. The van der Waals surface area contributed by atoms with Gasteiger partial charge in [-0.1, -0.05) is 188 Å². The standard InChI is InChI=1S/C59H64O12/c1-3-34-62-58-56(67-39-48-30-18-8-19-31-48)55(66-38-47-28-16-7-17-29-47)53(50(69-58)41-61-35-44-22-10-4-11-23-44)71-59-57(68-40-49-32-20-9-21-33-49)54(65-37-46-26-14-6-15-27-46)52(51(70-59)42-63-43(2)60)64-36-45-24-12-5-13-25-45/h3-33,50-59H,1,34-42H2,2H3/t50-,51-,52-,53-,54+,55+,56-,57-,58-,59+/m1/s1. The van der Waals surface area contributed by atoms with E-state index in [0.29, 0.717) is 6.61 Å². The molecule has 0 saturated carbocycles.